The number of rotatable bonds is 2. The van der Waals surface area contributed by atoms with Gasteiger partial charge in [-0.1, -0.05) is 6.58 Å². The predicted octanol–water partition coefficient (Wildman–Crippen LogP) is 1.23. The number of nitrogens with zero attached hydrogens (tertiary/aromatic N) is 2. The lowest BCUT2D eigenvalue weighted by atomic mass is 10.2. The Labute approximate surface area is 73.5 Å². The van der Waals surface area contributed by atoms with Crippen LogP contribution in [0.15, 0.2) is 19.0 Å². The summed E-state index contributed by atoms with van der Waals surface area (Å²) in [6, 6.07) is 0. The van der Waals surface area contributed by atoms with Gasteiger partial charge in [-0.25, -0.2) is 14.8 Å². The van der Waals surface area contributed by atoms with Crippen LogP contribution in [0, 0.1) is 0 Å². The zero-order valence-corrected chi connectivity index (χ0v) is 6.75. The number of aromatic nitrogens is 2. The minimum atomic E-state index is -1.10. The summed E-state index contributed by atoms with van der Waals surface area (Å²) in [4.78, 5) is 17.6. The highest BCUT2D eigenvalue weighted by molar-refractivity contribution is 6.28. The van der Waals surface area contributed by atoms with E-state index < -0.39 is 5.97 Å². The lowest BCUT2D eigenvalue weighted by Gasteiger charge is -1.97. The first kappa shape index (κ1) is 8.67. The SMILES string of the molecule is C=C(C(=O)O)c1cnc(Cl)nc1. The van der Waals surface area contributed by atoms with Gasteiger partial charge in [0.05, 0.1) is 5.57 Å². The van der Waals surface area contributed by atoms with Gasteiger partial charge in [-0.15, -0.1) is 0 Å². The Hall–Kier alpha value is -1.42. The van der Waals surface area contributed by atoms with E-state index >= 15 is 0 Å². The molecule has 5 heteroatoms. The number of aliphatic carboxylic acids is 1. The molecule has 0 atom stereocenters. The van der Waals surface area contributed by atoms with Crippen LogP contribution in [0.3, 0.4) is 0 Å². The molecule has 0 aliphatic heterocycles. The largest absolute Gasteiger partial charge is 0.478 e. The van der Waals surface area contributed by atoms with Gasteiger partial charge in [0.2, 0.25) is 5.28 Å². The molecule has 0 aromatic carbocycles. The third-order valence-electron chi connectivity index (χ3n) is 1.23. The van der Waals surface area contributed by atoms with Gasteiger partial charge < -0.3 is 5.11 Å². The van der Waals surface area contributed by atoms with Crippen LogP contribution >= 0.6 is 11.6 Å². The number of hydrogen-bond acceptors (Lipinski definition) is 3. The van der Waals surface area contributed by atoms with Crippen LogP contribution in [0.5, 0.6) is 0 Å². The summed E-state index contributed by atoms with van der Waals surface area (Å²) >= 11 is 5.40. The fourth-order valence-corrected chi connectivity index (χ4v) is 0.689. The van der Waals surface area contributed by atoms with Crippen molar-refractivity contribution in [3.63, 3.8) is 0 Å². The summed E-state index contributed by atoms with van der Waals surface area (Å²) < 4.78 is 0. The number of carboxylic acids is 1. The topological polar surface area (TPSA) is 63.1 Å². The second-order valence-electron chi connectivity index (χ2n) is 2.02. The van der Waals surface area contributed by atoms with Gasteiger partial charge in [0, 0.05) is 18.0 Å². The molecule has 62 valence electrons. The second kappa shape index (κ2) is 3.32. The van der Waals surface area contributed by atoms with Crippen LogP contribution in [-0.2, 0) is 4.79 Å². The molecule has 1 aromatic rings. The molecule has 0 amide bonds. The third-order valence-corrected chi connectivity index (χ3v) is 1.42. The van der Waals surface area contributed by atoms with Crippen LogP contribution < -0.4 is 0 Å². The molecule has 0 bridgehead atoms. The summed E-state index contributed by atoms with van der Waals surface area (Å²) in [7, 11) is 0. The van der Waals surface area contributed by atoms with Crippen molar-refractivity contribution in [1.82, 2.24) is 9.97 Å². The first-order chi connectivity index (χ1) is 5.61. The van der Waals surface area contributed by atoms with Gasteiger partial charge in [0.1, 0.15) is 0 Å². The molecule has 0 spiro atoms. The maximum absolute atomic E-state index is 10.4. The molecular formula is C7H5ClN2O2. The lowest BCUT2D eigenvalue weighted by Crippen LogP contribution is -1.99. The van der Waals surface area contributed by atoms with E-state index in [1.165, 1.54) is 12.4 Å². The summed E-state index contributed by atoms with van der Waals surface area (Å²) in [5, 5.41) is 8.60. The average Bonchev–Trinajstić information content (AvgIpc) is 2.04. The first-order valence-corrected chi connectivity index (χ1v) is 3.39. The number of halogens is 1. The van der Waals surface area contributed by atoms with E-state index in [0.717, 1.165) is 0 Å². The van der Waals surface area contributed by atoms with Crippen LogP contribution in [-0.4, -0.2) is 21.0 Å². The molecule has 1 rings (SSSR count). The van der Waals surface area contributed by atoms with E-state index in [1.54, 1.807) is 0 Å². The van der Waals surface area contributed by atoms with Crippen molar-refractivity contribution in [1.29, 1.82) is 0 Å². The number of hydrogen-bond donors (Lipinski definition) is 1. The summed E-state index contributed by atoms with van der Waals surface area (Å²) in [6.45, 7) is 3.33. The minimum Gasteiger partial charge on any atom is -0.478 e. The lowest BCUT2D eigenvalue weighted by molar-refractivity contribution is -0.130. The van der Waals surface area contributed by atoms with Gasteiger partial charge in [-0.3, -0.25) is 0 Å². The first-order valence-electron chi connectivity index (χ1n) is 3.01. The van der Waals surface area contributed by atoms with Gasteiger partial charge in [0.15, 0.2) is 0 Å². The molecule has 4 nitrogen and oxygen atoms in total. The quantitative estimate of drug-likeness (QED) is 0.555. The molecule has 0 radical (unpaired) electrons. The molecule has 0 saturated heterocycles. The highest BCUT2D eigenvalue weighted by Crippen LogP contribution is 2.10. The molecule has 1 N–H and O–H groups in total. The van der Waals surface area contributed by atoms with E-state index in [2.05, 4.69) is 16.5 Å². The van der Waals surface area contributed by atoms with E-state index in [9.17, 15) is 4.79 Å². The maximum atomic E-state index is 10.4. The summed E-state index contributed by atoms with van der Waals surface area (Å²) in [5.74, 6) is -1.10. The molecule has 0 aliphatic carbocycles. The van der Waals surface area contributed by atoms with Crippen molar-refractivity contribution in [2.45, 2.75) is 0 Å². The fourth-order valence-electron chi connectivity index (χ4n) is 0.592. The Morgan fingerprint density at radius 1 is 1.50 bits per heavy atom. The minimum absolute atomic E-state index is 0.0494. The fraction of sp³-hybridized carbons (Fsp3) is 0. The van der Waals surface area contributed by atoms with E-state index in [4.69, 9.17) is 16.7 Å². The molecule has 1 aromatic heterocycles. The van der Waals surface area contributed by atoms with Gasteiger partial charge in [-0.05, 0) is 11.6 Å². The molecule has 0 unspecified atom stereocenters. The van der Waals surface area contributed by atoms with Gasteiger partial charge >= 0.3 is 5.97 Å². The van der Waals surface area contributed by atoms with Crippen LogP contribution in [0.2, 0.25) is 5.28 Å². The average molecular weight is 185 g/mol. The molecule has 1 heterocycles. The highest BCUT2D eigenvalue weighted by atomic mass is 35.5. The Morgan fingerprint density at radius 2 is 2.00 bits per heavy atom. The Morgan fingerprint density at radius 3 is 2.42 bits per heavy atom. The molecule has 0 aliphatic rings. The highest BCUT2D eigenvalue weighted by Gasteiger charge is 2.07. The maximum Gasteiger partial charge on any atom is 0.335 e. The Bertz CT molecular complexity index is 321. The second-order valence-corrected chi connectivity index (χ2v) is 2.36. The summed E-state index contributed by atoms with van der Waals surface area (Å²) in [6.07, 6.45) is 2.62. The van der Waals surface area contributed by atoms with E-state index in [-0.39, 0.29) is 10.9 Å². The zero-order chi connectivity index (χ0) is 9.14. The van der Waals surface area contributed by atoms with Crippen molar-refractivity contribution in [2.75, 3.05) is 0 Å². The smallest absolute Gasteiger partial charge is 0.335 e. The number of carbonyl (C=O) groups is 1. The predicted molar refractivity (Wildman–Crippen MR) is 43.7 cm³/mol. The van der Waals surface area contributed by atoms with Crippen molar-refractivity contribution in [3.8, 4) is 0 Å². The third kappa shape index (κ3) is 1.79. The molecule has 12 heavy (non-hydrogen) atoms. The van der Waals surface area contributed by atoms with Crippen LogP contribution in [0.1, 0.15) is 5.56 Å². The Kier molecular flexibility index (Phi) is 2.40. The van der Waals surface area contributed by atoms with Crippen LogP contribution in [0.4, 0.5) is 0 Å². The monoisotopic (exact) mass is 184 g/mol. The molecule has 0 fully saturated rings. The van der Waals surface area contributed by atoms with Crippen molar-refractivity contribution in [3.05, 3.63) is 29.8 Å². The standard InChI is InChI=1S/C7H5ClN2O2/c1-4(6(11)12)5-2-9-7(8)10-3-5/h2-3H,1H2,(H,11,12). The molecular weight excluding hydrogens is 180 g/mol. The Balaban J connectivity index is 2.98. The zero-order valence-electron chi connectivity index (χ0n) is 5.99. The van der Waals surface area contributed by atoms with Crippen molar-refractivity contribution < 1.29 is 9.90 Å². The van der Waals surface area contributed by atoms with E-state index in [0.29, 0.717) is 5.56 Å². The summed E-state index contributed by atoms with van der Waals surface area (Å²) in [5.41, 5.74) is 0.304. The van der Waals surface area contributed by atoms with Crippen molar-refractivity contribution >= 4 is 23.1 Å². The van der Waals surface area contributed by atoms with Crippen LogP contribution in [0.25, 0.3) is 5.57 Å². The normalized spacial score (nSPS) is 9.42. The van der Waals surface area contributed by atoms with Gasteiger partial charge in [-0.2, -0.15) is 0 Å². The van der Waals surface area contributed by atoms with Crippen molar-refractivity contribution in [2.24, 2.45) is 0 Å². The van der Waals surface area contributed by atoms with E-state index in [1.807, 2.05) is 0 Å². The van der Waals surface area contributed by atoms with Gasteiger partial charge in [0.25, 0.3) is 0 Å². The number of carboxylic acid groups (broad SMARTS) is 1. The molecule has 0 saturated carbocycles.